The number of H-pyrrole nitrogens is 1. The zero-order valence-electron chi connectivity index (χ0n) is 15.5. The van der Waals surface area contributed by atoms with E-state index in [0.29, 0.717) is 28.0 Å². The highest BCUT2D eigenvalue weighted by Crippen LogP contribution is 2.27. The number of nitrogens with one attached hydrogen (secondary N) is 2. The molecule has 2 aromatic heterocycles. The van der Waals surface area contributed by atoms with E-state index in [1.165, 1.54) is 0 Å². The van der Waals surface area contributed by atoms with Gasteiger partial charge in [-0.15, -0.1) is 0 Å². The highest BCUT2D eigenvalue weighted by molar-refractivity contribution is 6.30. The van der Waals surface area contributed by atoms with Crippen molar-refractivity contribution >= 4 is 35.1 Å². The van der Waals surface area contributed by atoms with Crippen LogP contribution in [0.3, 0.4) is 0 Å². The van der Waals surface area contributed by atoms with Gasteiger partial charge >= 0.3 is 6.01 Å². The fraction of sp³-hybridized carbons (Fsp3) is 0. The lowest BCUT2D eigenvalue weighted by Gasteiger charge is -2.03. The molecule has 0 aliphatic heterocycles. The zero-order valence-corrected chi connectivity index (χ0v) is 16.2. The molecule has 0 unspecified atom stereocenters. The van der Waals surface area contributed by atoms with Crippen molar-refractivity contribution < 1.29 is 4.74 Å². The minimum Gasteiger partial charge on any atom is -0.424 e. The summed E-state index contributed by atoms with van der Waals surface area (Å²) in [6, 6.07) is 18.5. The molecule has 9 heteroatoms. The van der Waals surface area contributed by atoms with E-state index < -0.39 is 0 Å². The fourth-order valence-electron chi connectivity index (χ4n) is 2.53. The van der Waals surface area contributed by atoms with E-state index in [1.54, 1.807) is 55.0 Å². The topological polar surface area (TPSA) is 112 Å². The third kappa shape index (κ3) is 4.60. The predicted octanol–water partition coefficient (Wildman–Crippen LogP) is 5.01. The average Bonchev–Trinajstić information content (AvgIpc) is 3.15. The summed E-state index contributed by atoms with van der Waals surface area (Å²) >= 11 is 5.99. The summed E-state index contributed by atoms with van der Waals surface area (Å²) in [4.78, 5) is 12.4. The van der Waals surface area contributed by atoms with E-state index in [9.17, 15) is 5.26 Å². The van der Waals surface area contributed by atoms with Gasteiger partial charge in [0, 0.05) is 29.3 Å². The Kier molecular flexibility index (Phi) is 5.64. The van der Waals surface area contributed by atoms with Crippen LogP contribution in [0.15, 0.2) is 72.0 Å². The number of anilines is 2. The summed E-state index contributed by atoms with van der Waals surface area (Å²) < 4.78 is 5.56. The molecule has 146 valence electrons. The Hall–Kier alpha value is -4.22. The average molecular weight is 416 g/mol. The van der Waals surface area contributed by atoms with Crippen molar-refractivity contribution in [2.24, 2.45) is 4.99 Å². The van der Waals surface area contributed by atoms with Crippen molar-refractivity contribution in [3.05, 3.63) is 83.1 Å². The van der Waals surface area contributed by atoms with Crippen LogP contribution in [0.5, 0.6) is 11.8 Å². The van der Waals surface area contributed by atoms with Crippen LogP contribution in [-0.4, -0.2) is 26.4 Å². The van der Waals surface area contributed by atoms with Gasteiger partial charge in [0.1, 0.15) is 17.4 Å². The zero-order chi connectivity index (χ0) is 20.8. The Morgan fingerprint density at radius 1 is 1.10 bits per heavy atom. The number of hydrogen-bond donors (Lipinski definition) is 2. The monoisotopic (exact) mass is 415 g/mol. The lowest BCUT2D eigenvalue weighted by atomic mass is 10.2. The van der Waals surface area contributed by atoms with Crippen LogP contribution in [0.4, 0.5) is 17.3 Å². The SMILES string of the molecule is N#Cc1c(Nc2cccc(Cl)c2)n[nH]c1/N=C/c1ccc(Oc2ncccn2)cc1. The van der Waals surface area contributed by atoms with E-state index in [2.05, 4.69) is 36.5 Å². The maximum Gasteiger partial charge on any atom is 0.321 e. The molecule has 4 aromatic rings. The standard InChI is InChI=1S/C21H14ClN7O/c22-15-3-1-4-16(11-15)27-20-18(12-23)19(28-29-20)26-13-14-5-7-17(8-6-14)30-21-24-9-2-10-25-21/h1-11,13H,(H2,27,28,29)/b26-13+. The number of halogens is 1. The first-order chi connectivity index (χ1) is 14.7. The number of aromatic nitrogens is 4. The Labute approximate surface area is 176 Å². The summed E-state index contributed by atoms with van der Waals surface area (Å²) in [7, 11) is 0. The molecule has 0 saturated carbocycles. The van der Waals surface area contributed by atoms with Crippen LogP contribution < -0.4 is 10.1 Å². The Balaban J connectivity index is 1.47. The number of benzene rings is 2. The van der Waals surface area contributed by atoms with Gasteiger partial charge in [0.25, 0.3) is 0 Å². The lowest BCUT2D eigenvalue weighted by molar-refractivity contribution is 0.442. The molecular formula is C21H14ClN7O. The Morgan fingerprint density at radius 2 is 1.90 bits per heavy atom. The van der Waals surface area contributed by atoms with Crippen molar-refractivity contribution in [1.29, 1.82) is 5.26 Å². The fourth-order valence-corrected chi connectivity index (χ4v) is 2.72. The van der Waals surface area contributed by atoms with Crippen LogP contribution in [0.1, 0.15) is 11.1 Å². The second-order valence-corrected chi connectivity index (χ2v) is 6.44. The van der Waals surface area contributed by atoms with Crippen LogP contribution in [0.25, 0.3) is 0 Å². The molecule has 0 aliphatic rings. The molecule has 2 heterocycles. The molecule has 0 aliphatic carbocycles. The van der Waals surface area contributed by atoms with E-state index in [4.69, 9.17) is 16.3 Å². The van der Waals surface area contributed by atoms with Crippen molar-refractivity contribution in [1.82, 2.24) is 20.2 Å². The summed E-state index contributed by atoms with van der Waals surface area (Å²) in [5.41, 5.74) is 1.84. The third-order valence-electron chi connectivity index (χ3n) is 3.92. The number of nitriles is 1. The molecule has 0 bridgehead atoms. The predicted molar refractivity (Wildman–Crippen MR) is 114 cm³/mol. The molecule has 0 fully saturated rings. The number of nitrogens with zero attached hydrogens (tertiary/aromatic N) is 5. The number of rotatable bonds is 6. The van der Waals surface area contributed by atoms with Gasteiger partial charge in [0.05, 0.1) is 0 Å². The first kappa shape index (κ1) is 19.1. The molecule has 4 rings (SSSR count). The highest BCUT2D eigenvalue weighted by Gasteiger charge is 2.12. The minimum absolute atomic E-state index is 0.273. The Morgan fingerprint density at radius 3 is 2.63 bits per heavy atom. The molecule has 0 amide bonds. The summed E-state index contributed by atoms with van der Waals surface area (Å²) in [5, 5.41) is 20.1. The minimum atomic E-state index is 0.273. The molecule has 30 heavy (non-hydrogen) atoms. The molecular weight excluding hydrogens is 402 g/mol. The lowest BCUT2D eigenvalue weighted by Crippen LogP contribution is -1.92. The Bertz CT molecular complexity index is 1210. The third-order valence-corrected chi connectivity index (χ3v) is 4.16. The first-order valence-corrected chi connectivity index (χ1v) is 9.19. The van der Waals surface area contributed by atoms with E-state index in [-0.39, 0.29) is 6.01 Å². The number of hydrogen-bond acceptors (Lipinski definition) is 7. The van der Waals surface area contributed by atoms with Gasteiger partial charge < -0.3 is 10.1 Å². The summed E-state index contributed by atoms with van der Waals surface area (Å²) in [6.45, 7) is 0. The van der Waals surface area contributed by atoms with E-state index in [0.717, 1.165) is 11.3 Å². The molecule has 2 aromatic carbocycles. The highest BCUT2D eigenvalue weighted by atomic mass is 35.5. The van der Waals surface area contributed by atoms with Gasteiger partial charge in [-0.05, 0) is 54.1 Å². The number of ether oxygens (including phenoxy) is 1. The van der Waals surface area contributed by atoms with Crippen molar-refractivity contribution in [3.63, 3.8) is 0 Å². The van der Waals surface area contributed by atoms with Gasteiger partial charge in [-0.3, -0.25) is 5.10 Å². The maximum atomic E-state index is 9.52. The maximum absolute atomic E-state index is 9.52. The largest absolute Gasteiger partial charge is 0.424 e. The quantitative estimate of drug-likeness (QED) is 0.428. The van der Waals surface area contributed by atoms with Gasteiger partial charge in [0.2, 0.25) is 0 Å². The summed E-state index contributed by atoms with van der Waals surface area (Å²) in [6.07, 6.45) is 4.84. The second-order valence-electron chi connectivity index (χ2n) is 6.00. The smallest absolute Gasteiger partial charge is 0.321 e. The molecule has 0 atom stereocenters. The first-order valence-electron chi connectivity index (χ1n) is 8.81. The number of aromatic amines is 1. The van der Waals surface area contributed by atoms with E-state index >= 15 is 0 Å². The molecule has 0 radical (unpaired) electrons. The van der Waals surface area contributed by atoms with Gasteiger partial charge in [0.15, 0.2) is 11.6 Å². The molecule has 8 nitrogen and oxygen atoms in total. The van der Waals surface area contributed by atoms with Crippen molar-refractivity contribution in [2.45, 2.75) is 0 Å². The molecule has 0 saturated heterocycles. The number of aliphatic imine (C=N–C) groups is 1. The van der Waals surface area contributed by atoms with Gasteiger partial charge in [-0.1, -0.05) is 17.7 Å². The van der Waals surface area contributed by atoms with Crippen LogP contribution in [0, 0.1) is 11.3 Å². The van der Waals surface area contributed by atoms with Crippen LogP contribution in [0.2, 0.25) is 5.02 Å². The van der Waals surface area contributed by atoms with Crippen LogP contribution in [-0.2, 0) is 0 Å². The van der Waals surface area contributed by atoms with E-state index in [1.807, 2.05) is 18.2 Å². The van der Waals surface area contributed by atoms with Gasteiger partial charge in [-0.25, -0.2) is 15.0 Å². The van der Waals surface area contributed by atoms with Crippen molar-refractivity contribution in [2.75, 3.05) is 5.32 Å². The molecule has 2 N–H and O–H groups in total. The van der Waals surface area contributed by atoms with Crippen LogP contribution >= 0.6 is 11.6 Å². The molecule has 0 spiro atoms. The summed E-state index contributed by atoms with van der Waals surface area (Å²) in [5.74, 6) is 1.32. The second kappa shape index (κ2) is 8.86. The van der Waals surface area contributed by atoms with Gasteiger partial charge in [-0.2, -0.15) is 10.4 Å². The van der Waals surface area contributed by atoms with Crippen molar-refractivity contribution in [3.8, 4) is 17.8 Å². The normalized spacial score (nSPS) is 10.7.